The molecule has 0 fully saturated rings. The minimum Gasteiger partial charge on any atom is -0.310 e. The molecule has 0 bridgehead atoms. The van der Waals surface area contributed by atoms with Crippen molar-refractivity contribution in [2.45, 2.75) is 57.5 Å². The standard InChI is InChI=1S/C16H27NO2S/c1-5-13(3)11-15(6-2)17-12-14-7-9-16(10-8-14)20(4,18)19/h7-10,13,15,17H,5-6,11-12H2,1-4H3. The molecule has 0 saturated heterocycles. The fourth-order valence-corrected chi connectivity index (χ4v) is 2.79. The quantitative estimate of drug-likeness (QED) is 0.800. The summed E-state index contributed by atoms with van der Waals surface area (Å²) in [7, 11) is -3.10. The molecule has 0 spiro atoms. The Kier molecular flexibility index (Phi) is 6.69. The number of benzene rings is 1. The van der Waals surface area contributed by atoms with Crippen molar-refractivity contribution < 1.29 is 8.42 Å². The molecular weight excluding hydrogens is 270 g/mol. The van der Waals surface area contributed by atoms with Gasteiger partial charge in [-0.05, 0) is 36.5 Å². The first kappa shape index (κ1) is 17.2. The minimum absolute atomic E-state index is 0.382. The summed E-state index contributed by atoms with van der Waals surface area (Å²) in [4.78, 5) is 0.382. The molecule has 0 aliphatic carbocycles. The van der Waals surface area contributed by atoms with Crippen LogP contribution in [-0.2, 0) is 16.4 Å². The largest absolute Gasteiger partial charge is 0.310 e. The maximum atomic E-state index is 11.4. The maximum absolute atomic E-state index is 11.4. The van der Waals surface area contributed by atoms with Crippen molar-refractivity contribution in [1.82, 2.24) is 5.32 Å². The van der Waals surface area contributed by atoms with Crippen LogP contribution >= 0.6 is 0 Å². The zero-order chi connectivity index (χ0) is 15.2. The molecule has 0 heterocycles. The summed E-state index contributed by atoms with van der Waals surface area (Å²) >= 11 is 0. The summed E-state index contributed by atoms with van der Waals surface area (Å²) < 4.78 is 22.8. The van der Waals surface area contributed by atoms with Gasteiger partial charge < -0.3 is 5.32 Å². The monoisotopic (exact) mass is 297 g/mol. The van der Waals surface area contributed by atoms with Crippen LogP contribution in [0, 0.1) is 5.92 Å². The van der Waals surface area contributed by atoms with Gasteiger partial charge >= 0.3 is 0 Å². The average molecular weight is 297 g/mol. The van der Waals surface area contributed by atoms with Crippen LogP contribution in [0.4, 0.5) is 0 Å². The lowest BCUT2D eigenvalue weighted by Crippen LogP contribution is -2.29. The van der Waals surface area contributed by atoms with Crippen molar-refractivity contribution in [2.24, 2.45) is 5.92 Å². The average Bonchev–Trinajstić information content (AvgIpc) is 2.42. The van der Waals surface area contributed by atoms with Gasteiger partial charge in [0.2, 0.25) is 0 Å². The molecule has 0 aliphatic heterocycles. The van der Waals surface area contributed by atoms with Gasteiger partial charge in [0.25, 0.3) is 0 Å². The van der Waals surface area contributed by atoms with E-state index >= 15 is 0 Å². The third-order valence-corrected chi connectivity index (χ3v) is 4.95. The van der Waals surface area contributed by atoms with Crippen LogP contribution < -0.4 is 5.32 Å². The maximum Gasteiger partial charge on any atom is 0.175 e. The van der Waals surface area contributed by atoms with E-state index in [2.05, 4.69) is 26.1 Å². The van der Waals surface area contributed by atoms with E-state index < -0.39 is 9.84 Å². The van der Waals surface area contributed by atoms with E-state index in [1.54, 1.807) is 12.1 Å². The van der Waals surface area contributed by atoms with Gasteiger partial charge in [0.05, 0.1) is 4.90 Å². The number of hydrogen-bond acceptors (Lipinski definition) is 3. The van der Waals surface area contributed by atoms with Crippen molar-refractivity contribution in [1.29, 1.82) is 0 Å². The number of hydrogen-bond donors (Lipinski definition) is 1. The number of sulfone groups is 1. The van der Waals surface area contributed by atoms with Crippen molar-refractivity contribution in [3.05, 3.63) is 29.8 Å². The van der Waals surface area contributed by atoms with Gasteiger partial charge in [0, 0.05) is 18.8 Å². The molecule has 1 rings (SSSR count). The van der Waals surface area contributed by atoms with E-state index in [0.29, 0.717) is 10.9 Å². The third-order valence-electron chi connectivity index (χ3n) is 3.82. The molecule has 20 heavy (non-hydrogen) atoms. The molecule has 4 heteroatoms. The first-order chi connectivity index (χ1) is 9.36. The van der Waals surface area contributed by atoms with Gasteiger partial charge in [0.15, 0.2) is 9.84 Å². The molecule has 1 N–H and O–H groups in total. The number of nitrogens with one attached hydrogen (secondary N) is 1. The molecule has 2 unspecified atom stereocenters. The van der Waals surface area contributed by atoms with E-state index in [0.717, 1.165) is 24.4 Å². The number of rotatable bonds is 8. The zero-order valence-electron chi connectivity index (χ0n) is 13.0. The van der Waals surface area contributed by atoms with Crippen LogP contribution in [-0.4, -0.2) is 20.7 Å². The lowest BCUT2D eigenvalue weighted by Gasteiger charge is -2.20. The Labute approximate surface area is 123 Å². The lowest BCUT2D eigenvalue weighted by atomic mass is 9.97. The van der Waals surface area contributed by atoms with E-state index in [9.17, 15) is 8.42 Å². The highest BCUT2D eigenvalue weighted by Crippen LogP contribution is 2.14. The Bertz CT molecular complexity index is 494. The SMILES string of the molecule is CCC(C)CC(CC)NCc1ccc(S(C)(=O)=O)cc1. The van der Waals surface area contributed by atoms with Crippen LogP contribution in [0.1, 0.15) is 45.6 Å². The minimum atomic E-state index is -3.10. The van der Waals surface area contributed by atoms with Crippen molar-refractivity contribution in [2.75, 3.05) is 6.26 Å². The van der Waals surface area contributed by atoms with Crippen molar-refractivity contribution in [3.8, 4) is 0 Å². The Hall–Kier alpha value is -0.870. The van der Waals surface area contributed by atoms with Gasteiger partial charge in [-0.15, -0.1) is 0 Å². The Morgan fingerprint density at radius 2 is 1.70 bits per heavy atom. The Balaban J connectivity index is 2.56. The van der Waals surface area contributed by atoms with Crippen LogP contribution in [0.2, 0.25) is 0 Å². The smallest absolute Gasteiger partial charge is 0.175 e. The third kappa shape index (κ3) is 5.63. The lowest BCUT2D eigenvalue weighted by molar-refractivity contribution is 0.384. The molecule has 0 aliphatic rings. The molecule has 1 aromatic rings. The summed E-state index contributed by atoms with van der Waals surface area (Å²) in [6, 6.07) is 7.67. The Morgan fingerprint density at radius 3 is 2.15 bits per heavy atom. The highest BCUT2D eigenvalue weighted by molar-refractivity contribution is 7.90. The van der Waals surface area contributed by atoms with Crippen LogP contribution in [0.15, 0.2) is 29.2 Å². The fourth-order valence-electron chi connectivity index (χ4n) is 2.16. The zero-order valence-corrected chi connectivity index (χ0v) is 13.8. The Morgan fingerprint density at radius 1 is 1.10 bits per heavy atom. The van der Waals surface area contributed by atoms with Crippen LogP contribution in [0.5, 0.6) is 0 Å². The highest BCUT2D eigenvalue weighted by Gasteiger charge is 2.10. The molecule has 0 amide bonds. The first-order valence-electron chi connectivity index (χ1n) is 7.39. The van der Waals surface area contributed by atoms with E-state index in [1.807, 2.05) is 12.1 Å². The topological polar surface area (TPSA) is 46.2 Å². The van der Waals surface area contributed by atoms with Gasteiger partial charge in [-0.2, -0.15) is 0 Å². The van der Waals surface area contributed by atoms with Crippen molar-refractivity contribution in [3.63, 3.8) is 0 Å². The summed E-state index contributed by atoms with van der Waals surface area (Å²) in [5.74, 6) is 0.736. The van der Waals surface area contributed by atoms with Gasteiger partial charge in [0.1, 0.15) is 0 Å². The predicted molar refractivity (Wildman–Crippen MR) is 84.5 cm³/mol. The second kappa shape index (κ2) is 7.79. The van der Waals surface area contributed by atoms with E-state index in [-0.39, 0.29) is 0 Å². The van der Waals surface area contributed by atoms with Gasteiger partial charge in [-0.3, -0.25) is 0 Å². The van der Waals surface area contributed by atoms with Gasteiger partial charge in [-0.1, -0.05) is 39.3 Å². The van der Waals surface area contributed by atoms with Gasteiger partial charge in [-0.25, -0.2) is 8.42 Å². The van der Waals surface area contributed by atoms with E-state index in [4.69, 9.17) is 0 Å². The molecule has 0 saturated carbocycles. The summed E-state index contributed by atoms with van der Waals surface area (Å²) in [6.07, 6.45) is 4.75. The second-order valence-electron chi connectivity index (χ2n) is 5.65. The molecule has 2 atom stereocenters. The predicted octanol–water partition coefficient (Wildman–Crippen LogP) is 3.39. The van der Waals surface area contributed by atoms with Crippen LogP contribution in [0.3, 0.4) is 0 Å². The molecule has 1 aromatic carbocycles. The summed E-state index contributed by atoms with van der Waals surface area (Å²) in [6.45, 7) is 7.50. The molecule has 3 nitrogen and oxygen atoms in total. The molecule has 114 valence electrons. The van der Waals surface area contributed by atoms with Crippen LogP contribution in [0.25, 0.3) is 0 Å². The summed E-state index contributed by atoms with van der Waals surface area (Å²) in [5, 5.41) is 3.56. The molecule has 0 radical (unpaired) electrons. The highest BCUT2D eigenvalue weighted by atomic mass is 32.2. The van der Waals surface area contributed by atoms with E-state index in [1.165, 1.54) is 19.1 Å². The fraction of sp³-hybridized carbons (Fsp3) is 0.625. The molecule has 0 aromatic heterocycles. The summed E-state index contributed by atoms with van der Waals surface area (Å²) in [5.41, 5.74) is 1.13. The second-order valence-corrected chi connectivity index (χ2v) is 7.67. The molecular formula is C16H27NO2S. The normalized spacial score (nSPS) is 15.0. The van der Waals surface area contributed by atoms with Crippen molar-refractivity contribution >= 4 is 9.84 Å². The first-order valence-corrected chi connectivity index (χ1v) is 9.28.